The van der Waals surface area contributed by atoms with Crippen LogP contribution in [0.5, 0.6) is 0 Å². The monoisotopic (exact) mass is 254 g/mol. The van der Waals surface area contributed by atoms with Crippen LogP contribution in [0.3, 0.4) is 0 Å². The van der Waals surface area contributed by atoms with Crippen molar-refractivity contribution in [3.05, 3.63) is 0 Å². The van der Waals surface area contributed by atoms with Gasteiger partial charge in [0.15, 0.2) is 0 Å². The molecule has 1 rings (SSSR count). The molecule has 3 N–H and O–H groups in total. The molecule has 2 unspecified atom stereocenters. The molecule has 100 valence electrons. The lowest BCUT2D eigenvalue weighted by atomic mass is 10.1. The topological polar surface area (TPSA) is 64.3 Å². The van der Waals surface area contributed by atoms with Crippen LogP contribution in [0.4, 0.5) is 13.2 Å². The molecular weight excluding hydrogens is 237 g/mol. The number of halogens is 3. The minimum Gasteiger partial charge on any atom is -0.362 e. The summed E-state index contributed by atoms with van der Waals surface area (Å²) in [6.45, 7) is -1.49. The van der Waals surface area contributed by atoms with Crippen molar-refractivity contribution in [1.29, 1.82) is 0 Å². The Kier molecular flexibility index (Phi) is 5.20. The van der Waals surface area contributed by atoms with E-state index in [9.17, 15) is 18.0 Å². The van der Waals surface area contributed by atoms with Gasteiger partial charge in [-0.25, -0.2) is 0 Å². The first-order valence-corrected chi connectivity index (χ1v) is 5.53. The van der Waals surface area contributed by atoms with Crippen LogP contribution in [0, 0.1) is 5.92 Å². The fourth-order valence-corrected chi connectivity index (χ4v) is 1.87. The van der Waals surface area contributed by atoms with Crippen molar-refractivity contribution >= 4 is 5.91 Å². The average molecular weight is 254 g/mol. The standard InChI is InChI=1S/C10H17F3N2O2/c11-10(12,13)6-17-5-9(16)15-4-7-1-2-8(14)3-7/h7-8H,1-6,14H2,(H,15,16). The summed E-state index contributed by atoms with van der Waals surface area (Å²) in [6, 6.07) is 0.179. The Hall–Kier alpha value is -0.820. The fraction of sp³-hybridized carbons (Fsp3) is 0.900. The summed E-state index contributed by atoms with van der Waals surface area (Å²) in [5.74, 6) is -0.189. The maximum atomic E-state index is 11.7. The van der Waals surface area contributed by atoms with E-state index < -0.39 is 25.3 Å². The number of rotatable bonds is 5. The number of ether oxygens (including phenoxy) is 1. The summed E-state index contributed by atoms with van der Waals surface area (Å²) in [5, 5.41) is 2.54. The fourth-order valence-electron chi connectivity index (χ4n) is 1.87. The Balaban J connectivity index is 2.05. The van der Waals surface area contributed by atoms with Gasteiger partial charge in [0.2, 0.25) is 5.91 Å². The second-order valence-electron chi connectivity index (χ2n) is 4.35. The minimum atomic E-state index is -4.39. The third-order valence-corrected chi connectivity index (χ3v) is 2.67. The molecule has 1 aliphatic rings. The molecule has 1 amide bonds. The number of nitrogens with two attached hydrogens (primary N) is 1. The van der Waals surface area contributed by atoms with E-state index in [-0.39, 0.29) is 6.04 Å². The van der Waals surface area contributed by atoms with Crippen LogP contribution in [0.2, 0.25) is 0 Å². The zero-order valence-corrected chi connectivity index (χ0v) is 9.43. The van der Waals surface area contributed by atoms with Gasteiger partial charge in [-0.15, -0.1) is 0 Å². The lowest BCUT2D eigenvalue weighted by Crippen LogP contribution is -2.33. The summed E-state index contributed by atoms with van der Waals surface area (Å²) in [4.78, 5) is 11.1. The summed E-state index contributed by atoms with van der Waals surface area (Å²) >= 11 is 0. The SMILES string of the molecule is NC1CCC(CNC(=O)COCC(F)(F)F)C1. The van der Waals surface area contributed by atoms with Crippen LogP contribution in [0.15, 0.2) is 0 Å². The predicted octanol–water partition coefficient (Wildman–Crippen LogP) is 0.809. The van der Waals surface area contributed by atoms with Crippen molar-refractivity contribution in [3.63, 3.8) is 0 Å². The van der Waals surface area contributed by atoms with Crippen LogP contribution >= 0.6 is 0 Å². The van der Waals surface area contributed by atoms with Gasteiger partial charge in [0.1, 0.15) is 13.2 Å². The first-order valence-electron chi connectivity index (χ1n) is 5.53. The zero-order valence-electron chi connectivity index (χ0n) is 9.43. The number of carbonyl (C=O) groups is 1. The second kappa shape index (κ2) is 6.20. The van der Waals surface area contributed by atoms with Gasteiger partial charge in [-0.2, -0.15) is 13.2 Å². The molecule has 1 aliphatic carbocycles. The van der Waals surface area contributed by atoms with E-state index in [1.165, 1.54) is 0 Å². The highest BCUT2D eigenvalue weighted by Gasteiger charge is 2.28. The van der Waals surface area contributed by atoms with Crippen molar-refractivity contribution in [3.8, 4) is 0 Å². The van der Waals surface area contributed by atoms with E-state index in [1.807, 2.05) is 0 Å². The van der Waals surface area contributed by atoms with Crippen LogP contribution in [-0.2, 0) is 9.53 Å². The van der Waals surface area contributed by atoms with Crippen molar-refractivity contribution in [2.24, 2.45) is 11.7 Å². The van der Waals surface area contributed by atoms with Gasteiger partial charge in [0, 0.05) is 12.6 Å². The number of carbonyl (C=O) groups excluding carboxylic acids is 1. The average Bonchev–Trinajstić information content (AvgIpc) is 2.59. The number of alkyl halides is 3. The van der Waals surface area contributed by atoms with Gasteiger partial charge in [-0.3, -0.25) is 4.79 Å². The van der Waals surface area contributed by atoms with Crippen LogP contribution in [-0.4, -0.2) is 37.9 Å². The Labute approximate surface area is 97.7 Å². The number of amides is 1. The van der Waals surface area contributed by atoms with Gasteiger partial charge in [-0.1, -0.05) is 0 Å². The first-order chi connectivity index (χ1) is 7.87. The highest BCUT2D eigenvalue weighted by molar-refractivity contribution is 5.77. The molecule has 0 aliphatic heterocycles. The quantitative estimate of drug-likeness (QED) is 0.763. The molecule has 17 heavy (non-hydrogen) atoms. The maximum absolute atomic E-state index is 11.7. The Morgan fingerprint density at radius 2 is 2.12 bits per heavy atom. The molecule has 2 atom stereocenters. The molecule has 0 heterocycles. The summed E-state index contributed by atoms with van der Waals surface area (Å²) < 4.78 is 39.4. The van der Waals surface area contributed by atoms with Gasteiger partial charge >= 0.3 is 6.18 Å². The first kappa shape index (κ1) is 14.2. The molecular formula is C10H17F3N2O2. The van der Waals surface area contributed by atoms with Gasteiger partial charge < -0.3 is 15.8 Å². The molecule has 1 fully saturated rings. The number of hydrogen-bond donors (Lipinski definition) is 2. The lowest BCUT2D eigenvalue weighted by molar-refractivity contribution is -0.175. The molecule has 0 bridgehead atoms. The highest BCUT2D eigenvalue weighted by Crippen LogP contribution is 2.23. The van der Waals surface area contributed by atoms with Crippen LogP contribution < -0.4 is 11.1 Å². The zero-order chi connectivity index (χ0) is 12.9. The molecule has 0 aromatic heterocycles. The van der Waals surface area contributed by atoms with Gasteiger partial charge in [0.05, 0.1) is 0 Å². The summed E-state index contributed by atoms with van der Waals surface area (Å²) in [6.07, 6.45) is -1.65. The van der Waals surface area contributed by atoms with E-state index in [2.05, 4.69) is 10.1 Å². The van der Waals surface area contributed by atoms with E-state index in [0.29, 0.717) is 12.5 Å². The molecule has 0 spiro atoms. The van der Waals surface area contributed by atoms with E-state index >= 15 is 0 Å². The van der Waals surface area contributed by atoms with Crippen molar-refractivity contribution in [2.45, 2.75) is 31.5 Å². The minimum absolute atomic E-state index is 0.179. The second-order valence-corrected chi connectivity index (χ2v) is 4.35. The molecule has 7 heteroatoms. The smallest absolute Gasteiger partial charge is 0.362 e. The van der Waals surface area contributed by atoms with E-state index in [1.54, 1.807) is 0 Å². The maximum Gasteiger partial charge on any atom is 0.411 e. The van der Waals surface area contributed by atoms with Gasteiger partial charge in [0.25, 0.3) is 0 Å². The molecule has 0 aromatic rings. The normalized spacial score (nSPS) is 24.9. The third-order valence-electron chi connectivity index (χ3n) is 2.67. The Morgan fingerprint density at radius 3 is 2.65 bits per heavy atom. The van der Waals surface area contributed by atoms with Crippen LogP contribution in [0.25, 0.3) is 0 Å². The summed E-state index contributed by atoms with van der Waals surface area (Å²) in [7, 11) is 0. The number of nitrogens with one attached hydrogen (secondary N) is 1. The van der Waals surface area contributed by atoms with Crippen molar-refractivity contribution in [1.82, 2.24) is 5.32 Å². The Bertz CT molecular complexity index is 258. The van der Waals surface area contributed by atoms with E-state index in [0.717, 1.165) is 19.3 Å². The van der Waals surface area contributed by atoms with E-state index in [4.69, 9.17) is 5.73 Å². The van der Waals surface area contributed by atoms with Gasteiger partial charge in [-0.05, 0) is 25.2 Å². The predicted molar refractivity (Wildman–Crippen MR) is 55.2 cm³/mol. The third kappa shape index (κ3) is 6.48. The highest BCUT2D eigenvalue weighted by atomic mass is 19.4. The Morgan fingerprint density at radius 1 is 1.41 bits per heavy atom. The molecule has 0 aromatic carbocycles. The molecule has 1 saturated carbocycles. The molecule has 0 radical (unpaired) electrons. The molecule has 0 saturated heterocycles. The summed E-state index contributed by atoms with van der Waals surface area (Å²) in [5.41, 5.74) is 5.70. The lowest BCUT2D eigenvalue weighted by Gasteiger charge is -2.11. The van der Waals surface area contributed by atoms with Crippen molar-refractivity contribution in [2.75, 3.05) is 19.8 Å². The van der Waals surface area contributed by atoms with Crippen molar-refractivity contribution < 1.29 is 22.7 Å². The molecule has 4 nitrogen and oxygen atoms in total. The van der Waals surface area contributed by atoms with Crippen LogP contribution in [0.1, 0.15) is 19.3 Å². The number of hydrogen-bond acceptors (Lipinski definition) is 3. The largest absolute Gasteiger partial charge is 0.411 e.